The molecule has 0 aliphatic carbocycles. The summed E-state index contributed by atoms with van der Waals surface area (Å²) in [5, 5.41) is 2.71. The summed E-state index contributed by atoms with van der Waals surface area (Å²) in [5.41, 5.74) is 2.45. The fourth-order valence-corrected chi connectivity index (χ4v) is 2.39. The molecule has 1 fully saturated rings. The second kappa shape index (κ2) is 7.22. The Morgan fingerprint density at radius 2 is 2.00 bits per heavy atom. The first kappa shape index (κ1) is 15.5. The van der Waals surface area contributed by atoms with Gasteiger partial charge in [0, 0.05) is 13.2 Å². The molecule has 0 saturated carbocycles. The van der Waals surface area contributed by atoms with Gasteiger partial charge in [0.1, 0.15) is 0 Å². The highest BCUT2D eigenvalue weighted by Gasteiger charge is 2.17. The van der Waals surface area contributed by atoms with Crippen LogP contribution in [0.1, 0.15) is 34.3 Å². The van der Waals surface area contributed by atoms with Gasteiger partial charge in [-0.2, -0.15) is 0 Å². The molecule has 1 amide bonds. The molecule has 1 N–H and O–H groups in total. The number of esters is 1. The minimum atomic E-state index is -0.478. The highest BCUT2D eigenvalue weighted by Crippen LogP contribution is 2.11. The zero-order chi connectivity index (χ0) is 15.2. The number of nitrogens with one attached hydrogen (secondary N) is 1. The number of carbonyl (C=O) groups excluding carboxylic acids is 2. The first-order valence-corrected chi connectivity index (χ1v) is 7.18. The van der Waals surface area contributed by atoms with E-state index in [1.54, 1.807) is 12.1 Å². The molecule has 1 aromatic rings. The second-order valence-electron chi connectivity index (χ2n) is 5.39. The average molecular weight is 291 g/mol. The van der Waals surface area contributed by atoms with Crippen LogP contribution in [0.5, 0.6) is 0 Å². The van der Waals surface area contributed by atoms with Crippen LogP contribution in [0.15, 0.2) is 18.2 Å². The van der Waals surface area contributed by atoms with Gasteiger partial charge in [-0.15, -0.1) is 0 Å². The number of rotatable bonds is 5. The lowest BCUT2D eigenvalue weighted by molar-refractivity contribution is -0.124. The van der Waals surface area contributed by atoms with Crippen LogP contribution in [0.4, 0.5) is 0 Å². The van der Waals surface area contributed by atoms with Crippen molar-refractivity contribution in [3.8, 4) is 0 Å². The Balaban J connectivity index is 1.76. The standard InChI is InChI=1S/C16H21NO4/c1-11-6-12(2)8-13(7-11)16(19)21-10-15(18)17-9-14-4-3-5-20-14/h6-8,14H,3-5,9-10H2,1-2H3,(H,17,18)/t14-/m1/s1. The molecule has 1 aliphatic heterocycles. The van der Waals surface area contributed by atoms with E-state index in [4.69, 9.17) is 9.47 Å². The summed E-state index contributed by atoms with van der Waals surface area (Å²) >= 11 is 0. The third kappa shape index (κ3) is 4.86. The van der Waals surface area contributed by atoms with Gasteiger partial charge in [0.05, 0.1) is 11.7 Å². The largest absolute Gasteiger partial charge is 0.452 e. The zero-order valence-corrected chi connectivity index (χ0v) is 12.5. The SMILES string of the molecule is Cc1cc(C)cc(C(=O)OCC(=O)NC[C@H]2CCCO2)c1. The molecular weight excluding hydrogens is 270 g/mol. The van der Waals surface area contributed by atoms with Gasteiger partial charge in [-0.1, -0.05) is 17.2 Å². The first-order chi connectivity index (χ1) is 10.0. The molecule has 2 rings (SSSR count). The normalized spacial score (nSPS) is 17.5. The average Bonchev–Trinajstić information content (AvgIpc) is 2.94. The van der Waals surface area contributed by atoms with Crippen LogP contribution < -0.4 is 5.32 Å². The summed E-state index contributed by atoms with van der Waals surface area (Å²) in [4.78, 5) is 23.5. The molecule has 1 aliphatic rings. The van der Waals surface area contributed by atoms with Crippen molar-refractivity contribution >= 4 is 11.9 Å². The molecule has 0 aromatic heterocycles. The first-order valence-electron chi connectivity index (χ1n) is 7.18. The van der Waals surface area contributed by atoms with E-state index in [9.17, 15) is 9.59 Å². The van der Waals surface area contributed by atoms with E-state index in [0.29, 0.717) is 12.1 Å². The van der Waals surface area contributed by atoms with Crippen molar-refractivity contribution in [2.45, 2.75) is 32.8 Å². The predicted octanol–water partition coefficient (Wildman–Crippen LogP) is 1.76. The van der Waals surface area contributed by atoms with Gasteiger partial charge in [0.2, 0.25) is 0 Å². The number of ether oxygens (including phenoxy) is 2. The van der Waals surface area contributed by atoms with Crippen molar-refractivity contribution in [1.82, 2.24) is 5.32 Å². The molecule has 1 atom stereocenters. The zero-order valence-electron chi connectivity index (χ0n) is 12.5. The lowest BCUT2D eigenvalue weighted by Crippen LogP contribution is -2.34. The quantitative estimate of drug-likeness (QED) is 0.840. The molecule has 114 valence electrons. The maximum absolute atomic E-state index is 11.9. The smallest absolute Gasteiger partial charge is 0.338 e. The Bertz CT molecular complexity index is 501. The Kier molecular flexibility index (Phi) is 5.33. The molecule has 0 bridgehead atoms. The summed E-state index contributed by atoms with van der Waals surface area (Å²) in [6, 6.07) is 5.48. The van der Waals surface area contributed by atoms with Crippen molar-refractivity contribution in [2.75, 3.05) is 19.8 Å². The number of aryl methyl sites for hydroxylation is 2. The summed E-state index contributed by atoms with van der Waals surface area (Å²) in [5.74, 6) is -0.780. The van der Waals surface area contributed by atoms with Crippen molar-refractivity contribution in [1.29, 1.82) is 0 Å². The summed E-state index contributed by atoms with van der Waals surface area (Å²) in [6.45, 7) is 4.79. The van der Waals surface area contributed by atoms with E-state index in [1.165, 1.54) is 0 Å². The summed E-state index contributed by atoms with van der Waals surface area (Å²) in [6.07, 6.45) is 2.08. The van der Waals surface area contributed by atoms with Gasteiger partial charge < -0.3 is 14.8 Å². The summed E-state index contributed by atoms with van der Waals surface area (Å²) < 4.78 is 10.4. The fourth-order valence-electron chi connectivity index (χ4n) is 2.39. The molecule has 1 heterocycles. The Labute approximate surface area is 124 Å². The molecule has 1 aromatic carbocycles. The van der Waals surface area contributed by atoms with Gasteiger partial charge in [-0.3, -0.25) is 4.79 Å². The molecule has 5 heteroatoms. The van der Waals surface area contributed by atoms with Crippen LogP contribution in [-0.2, 0) is 14.3 Å². The van der Waals surface area contributed by atoms with Crippen molar-refractivity contribution < 1.29 is 19.1 Å². The Morgan fingerprint density at radius 3 is 2.62 bits per heavy atom. The van der Waals surface area contributed by atoms with Crippen molar-refractivity contribution in [2.24, 2.45) is 0 Å². The number of carbonyl (C=O) groups is 2. The topological polar surface area (TPSA) is 64.6 Å². The van der Waals surface area contributed by atoms with Crippen molar-refractivity contribution in [3.63, 3.8) is 0 Å². The third-order valence-electron chi connectivity index (χ3n) is 3.34. The maximum atomic E-state index is 11.9. The highest BCUT2D eigenvalue weighted by molar-refractivity contribution is 5.91. The van der Waals surface area contributed by atoms with Crippen LogP contribution in [0.25, 0.3) is 0 Å². The third-order valence-corrected chi connectivity index (χ3v) is 3.34. The van der Waals surface area contributed by atoms with E-state index in [1.807, 2.05) is 19.9 Å². The number of amides is 1. The Hall–Kier alpha value is -1.88. The van der Waals surface area contributed by atoms with Gasteiger partial charge in [-0.25, -0.2) is 4.79 Å². The lowest BCUT2D eigenvalue weighted by Gasteiger charge is -2.11. The maximum Gasteiger partial charge on any atom is 0.338 e. The predicted molar refractivity (Wildman–Crippen MR) is 78.2 cm³/mol. The van der Waals surface area contributed by atoms with Crippen LogP contribution >= 0.6 is 0 Å². The molecular formula is C16H21NO4. The molecule has 0 spiro atoms. The minimum absolute atomic E-state index is 0.0871. The van der Waals surface area contributed by atoms with Crippen LogP contribution in [0, 0.1) is 13.8 Å². The number of benzene rings is 1. The lowest BCUT2D eigenvalue weighted by atomic mass is 10.1. The van der Waals surface area contributed by atoms with Crippen LogP contribution in [0.3, 0.4) is 0 Å². The van der Waals surface area contributed by atoms with E-state index in [0.717, 1.165) is 30.6 Å². The summed E-state index contributed by atoms with van der Waals surface area (Å²) in [7, 11) is 0. The Morgan fingerprint density at radius 1 is 1.29 bits per heavy atom. The molecule has 21 heavy (non-hydrogen) atoms. The van der Waals surface area contributed by atoms with Gasteiger partial charge in [-0.05, 0) is 38.8 Å². The second-order valence-corrected chi connectivity index (χ2v) is 5.39. The fraction of sp³-hybridized carbons (Fsp3) is 0.500. The monoisotopic (exact) mass is 291 g/mol. The van der Waals surface area contributed by atoms with E-state index in [2.05, 4.69) is 5.32 Å². The van der Waals surface area contributed by atoms with E-state index in [-0.39, 0.29) is 18.6 Å². The van der Waals surface area contributed by atoms with Crippen molar-refractivity contribution in [3.05, 3.63) is 34.9 Å². The van der Waals surface area contributed by atoms with Gasteiger partial charge >= 0.3 is 5.97 Å². The minimum Gasteiger partial charge on any atom is -0.452 e. The van der Waals surface area contributed by atoms with Crippen LogP contribution in [0.2, 0.25) is 0 Å². The molecule has 0 unspecified atom stereocenters. The van der Waals surface area contributed by atoms with E-state index >= 15 is 0 Å². The molecule has 0 radical (unpaired) electrons. The molecule has 1 saturated heterocycles. The number of hydrogen-bond donors (Lipinski definition) is 1. The van der Waals surface area contributed by atoms with Crippen LogP contribution in [-0.4, -0.2) is 37.7 Å². The highest BCUT2D eigenvalue weighted by atomic mass is 16.5. The molecule has 5 nitrogen and oxygen atoms in total. The number of hydrogen-bond acceptors (Lipinski definition) is 4. The van der Waals surface area contributed by atoms with E-state index < -0.39 is 5.97 Å². The van der Waals surface area contributed by atoms with Gasteiger partial charge in [0.25, 0.3) is 5.91 Å². The van der Waals surface area contributed by atoms with Gasteiger partial charge in [0.15, 0.2) is 6.61 Å².